The predicted molar refractivity (Wildman–Crippen MR) is 111 cm³/mol. The topological polar surface area (TPSA) is 50.8 Å². The van der Waals surface area contributed by atoms with Crippen molar-refractivity contribution in [2.45, 2.75) is 32.4 Å². The molecule has 1 N–H and O–H groups in total. The van der Waals surface area contributed by atoms with E-state index in [0.29, 0.717) is 29.5 Å². The molecule has 0 bridgehead atoms. The van der Waals surface area contributed by atoms with Gasteiger partial charge in [-0.15, -0.1) is 0 Å². The van der Waals surface area contributed by atoms with Crippen LogP contribution in [0.3, 0.4) is 0 Å². The first kappa shape index (κ1) is 21.4. The molecule has 1 aliphatic rings. The molecule has 0 spiro atoms. The van der Waals surface area contributed by atoms with E-state index in [2.05, 4.69) is 5.32 Å². The van der Waals surface area contributed by atoms with E-state index in [0.717, 1.165) is 43.6 Å². The number of carbonyl (C=O) groups is 1. The minimum atomic E-state index is -0.284. The molecular formula is C22H26ClFN2O3. The average Bonchev–Trinajstić information content (AvgIpc) is 3.12. The fourth-order valence-corrected chi connectivity index (χ4v) is 3.61. The Bertz CT molecular complexity index is 830. The number of rotatable bonds is 10. The lowest BCUT2D eigenvalue weighted by Crippen LogP contribution is -2.28. The second-order valence-corrected chi connectivity index (χ2v) is 7.45. The highest BCUT2D eigenvalue weighted by Gasteiger charge is 2.19. The Morgan fingerprint density at radius 3 is 2.69 bits per heavy atom. The summed E-state index contributed by atoms with van der Waals surface area (Å²) in [5.41, 5.74) is 1.82. The number of likely N-dealkylation sites (tertiary alicyclic amines) is 1. The van der Waals surface area contributed by atoms with Crippen molar-refractivity contribution in [3.63, 3.8) is 0 Å². The monoisotopic (exact) mass is 420 g/mol. The van der Waals surface area contributed by atoms with Gasteiger partial charge in [0.2, 0.25) is 5.91 Å². The minimum Gasteiger partial charge on any atom is -0.493 e. The van der Waals surface area contributed by atoms with Crippen LogP contribution < -0.4 is 14.8 Å². The van der Waals surface area contributed by atoms with Crippen molar-refractivity contribution >= 4 is 17.5 Å². The summed E-state index contributed by atoms with van der Waals surface area (Å²) in [6, 6.07) is 9.87. The zero-order valence-corrected chi connectivity index (χ0v) is 17.3. The maximum Gasteiger partial charge on any atom is 0.222 e. The largest absolute Gasteiger partial charge is 0.493 e. The van der Waals surface area contributed by atoms with Crippen LogP contribution >= 0.6 is 11.6 Å². The second kappa shape index (κ2) is 10.5. The van der Waals surface area contributed by atoms with Crippen molar-refractivity contribution in [3.8, 4) is 11.5 Å². The second-order valence-electron chi connectivity index (χ2n) is 7.04. The molecule has 0 saturated carbocycles. The first-order valence-corrected chi connectivity index (χ1v) is 10.2. The fraction of sp³-hybridized carbons (Fsp3) is 0.409. The SMILES string of the molecule is COc1cc(CNCCCN2CCCC2=O)cc(Cl)c1OCc1ccc(F)cc1. The van der Waals surface area contributed by atoms with Gasteiger partial charge in [-0.25, -0.2) is 4.39 Å². The Morgan fingerprint density at radius 1 is 1.21 bits per heavy atom. The van der Waals surface area contributed by atoms with Gasteiger partial charge in [0.25, 0.3) is 0 Å². The summed E-state index contributed by atoms with van der Waals surface area (Å²) in [7, 11) is 1.57. The Kier molecular flexibility index (Phi) is 7.72. The lowest BCUT2D eigenvalue weighted by atomic mass is 10.2. The molecule has 3 rings (SSSR count). The molecular weight excluding hydrogens is 395 g/mol. The van der Waals surface area contributed by atoms with E-state index in [1.54, 1.807) is 19.2 Å². The molecule has 2 aromatic carbocycles. The molecule has 2 aromatic rings. The van der Waals surface area contributed by atoms with Crippen LogP contribution in [0, 0.1) is 5.82 Å². The van der Waals surface area contributed by atoms with Crippen LogP contribution in [0.5, 0.6) is 11.5 Å². The van der Waals surface area contributed by atoms with Crippen molar-refractivity contribution in [2.24, 2.45) is 0 Å². The van der Waals surface area contributed by atoms with Crippen molar-refractivity contribution in [1.82, 2.24) is 10.2 Å². The summed E-state index contributed by atoms with van der Waals surface area (Å²) in [5.74, 6) is 1.000. The van der Waals surface area contributed by atoms with Gasteiger partial charge in [0, 0.05) is 26.1 Å². The number of methoxy groups -OCH3 is 1. The Hall–Kier alpha value is -2.31. The van der Waals surface area contributed by atoms with Gasteiger partial charge < -0.3 is 19.7 Å². The van der Waals surface area contributed by atoms with Crippen molar-refractivity contribution in [2.75, 3.05) is 26.7 Å². The van der Waals surface area contributed by atoms with Gasteiger partial charge in [-0.1, -0.05) is 23.7 Å². The molecule has 0 atom stereocenters. The third-order valence-corrected chi connectivity index (χ3v) is 5.15. The number of carbonyl (C=O) groups excluding carboxylic acids is 1. The van der Waals surface area contributed by atoms with Crippen LogP contribution in [0.25, 0.3) is 0 Å². The Labute approximate surface area is 175 Å². The van der Waals surface area contributed by atoms with Crippen LogP contribution in [-0.4, -0.2) is 37.6 Å². The summed E-state index contributed by atoms with van der Waals surface area (Å²) >= 11 is 6.41. The number of hydrogen-bond acceptors (Lipinski definition) is 4. The molecule has 29 heavy (non-hydrogen) atoms. The minimum absolute atomic E-state index is 0.262. The van der Waals surface area contributed by atoms with Crippen molar-refractivity contribution in [1.29, 1.82) is 0 Å². The summed E-state index contributed by atoms with van der Waals surface area (Å²) < 4.78 is 24.3. The Morgan fingerprint density at radius 2 is 2.00 bits per heavy atom. The predicted octanol–water partition coefficient (Wildman–Crippen LogP) is 4.17. The number of halogens is 2. The molecule has 0 radical (unpaired) electrons. The van der Waals surface area contributed by atoms with E-state index >= 15 is 0 Å². The third-order valence-electron chi connectivity index (χ3n) is 4.87. The normalized spacial score (nSPS) is 13.8. The highest BCUT2D eigenvalue weighted by molar-refractivity contribution is 6.32. The first-order valence-electron chi connectivity index (χ1n) is 9.79. The molecule has 0 aliphatic carbocycles. The molecule has 1 heterocycles. The fourth-order valence-electron chi connectivity index (χ4n) is 3.32. The zero-order valence-electron chi connectivity index (χ0n) is 16.5. The molecule has 156 valence electrons. The first-order chi connectivity index (χ1) is 14.1. The van der Waals surface area contributed by atoms with E-state index in [4.69, 9.17) is 21.1 Å². The number of amides is 1. The Balaban J connectivity index is 1.50. The molecule has 1 saturated heterocycles. The summed E-state index contributed by atoms with van der Waals surface area (Å²) in [6.45, 7) is 3.40. The van der Waals surface area contributed by atoms with Gasteiger partial charge in [0.1, 0.15) is 12.4 Å². The number of nitrogens with zero attached hydrogens (tertiary/aromatic N) is 1. The lowest BCUT2D eigenvalue weighted by Gasteiger charge is -2.16. The number of nitrogens with one attached hydrogen (secondary N) is 1. The third kappa shape index (κ3) is 6.08. The van der Waals surface area contributed by atoms with E-state index in [1.807, 2.05) is 17.0 Å². The van der Waals surface area contributed by atoms with Gasteiger partial charge >= 0.3 is 0 Å². The maximum absolute atomic E-state index is 13.0. The van der Waals surface area contributed by atoms with Crippen LogP contribution in [0.15, 0.2) is 36.4 Å². The molecule has 1 aliphatic heterocycles. The summed E-state index contributed by atoms with van der Waals surface area (Å²) in [6.07, 6.45) is 2.57. The van der Waals surface area contributed by atoms with E-state index in [-0.39, 0.29) is 18.3 Å². The quantitative estimate of drug-likeness (QED) is 0.586. The van der Waals surface area contributed by atoms with Gasteiger partial charge in [0.15, 0.2) is 11.5 Å². The van der Waals surface area contributed by atoms with Crippen LogP contribution in [0.1, 0.15) is 30.4 Å². The summed E-state index contributed by atoms with van der Waals surface area (Å²) in [5, 5.41) is 3.84. The van der Waals surface area contributed by atoms with Gasteiger partial charge in [0.05, 0.1) is 12.1 Å². The van der Waals surface area contributed by atoms with Gasteiger partial charge in [-0.2, -0.15) is 0 Å². The molecule has 0 unspecified atom stereocenters. The van der Waals surface area contributed by atoms with Gasteiger partial charge in [-0.05, 0) is 54.8 Å². The van der Waals surface area contributed by atoms with Gasteiger partial charge in [-0.3, -0.25) is 4.79 Å². The van der Waals surface area contributed by atoms with Crippen molar-refractivity contribution < 1.29 is 18.7 Å². The number of hydrogen-bond donors (Lipinski definition) is 1. The highest BCUT2D eigenvalue weighted by Crippen LogP contribution is 2.37. The van der Waals surface area contributed by atoms with E-state index < -0.39 is 0 Å². The van der Waals surface area contributed by atoms with Crippen LogP contribution in [0.4, 0.5) is 4.39 Å². The maximum atomic E-state index is 13.0. The number of benzene rings is 2. The lowest BCUT2D eigenvalue weighted by molar-refractivity contribution is -0.127. The molecule has 7 heteroatoms. The molecule has 5 nitrogen and oxygen atoms in total. The van der Waals surface area contributed by atoms with Crippen LogP contribution in [-0.2, 0) is 17.9 Å². The van der Waals surface area contributed by atoms with E-state index in [9.17, 15) is 9.18 Å². The van der Waals surface area contributed by atoms with E-state index in [1.165, 1.54) is 12.1 Å². The molecule has 1 fully saturated rings. The molecule has 1 amide bonds. The zero-order chi connectivity index (χ0) is 20.6. The van der Waals surface area contributed by atoms with Crippen molar-refractivity contribution in [3.05, 3.63) is 58.4 Å². The molecule has 0 aromatic heterocycles. The van der Waals surface area contributed by atoms with Crippen LogP contribution in [0.2, 0.25) is 5.02 Å². The standard InChI is InChI=1S/C22H26ClFN2O3/c1-28-20-13-17(14-25-9-3-11-26-10-2-4-21(26)27)12-19(23)22(20)29-15-16-5-7-18(24)8-6-16/h5-8,12-13,25H,2-4,9-11,14-15H2,1H3. The smallest absolute Gasteiger partial charge is 0.222 e. The highest BCUT2D eigenvalue weighted by atomic mass is 35.5. The average molecular weight is 421 g/mol. The summed E-state index contributed by atoms with van der Waals surface area (Å²) in [4.78, 5) is 13.5. The number of ether oxygens (including phenoxy) is 2.